The van der Waals surface area contributed by atoms with Gasteiger partial charge < -0.3 is 14.7 Å². The SMILES string of the molecule is COc1ccccc1CC(C)(C)C(=O)N1CCC(C(=O)O)C1. The second kappa shape index (κ2) is 6.38. The summed E-state index contributed by atoms with van der Waals surface area (Å²) in [5, 5.41) is 9.06. The van der Waals surface area contributed by atoms with Crippen molar-refractivity contribution in [1.29, 1.82) is 0 Å². The van der Waals surface area contributed by atoms with Crippen LogP contribution in [0.2, 0.25) is 0 Å². The Labute approximate surface area is 130 Å². The first-order valence-corrected chi connectivity index (χ1v) is 7.49. The molecule has 1 amide bonds. The molecule has 1 aromatic carbocycles. The highest BCUT2D eigenvalue weighted by atomic mass is 16.5. The Morgan fingerprint density at radius 1 is 1.36 bits per heavy atom. The molecule has 0 aliphatic carbocycles. The van der Waals surface area contributed by atoms with Crippen molar-refractivity contribution in [3.63, 3.8) is 0 Å². The number of carbonyl (C=O) groups excluding carboxylic acids is 1. The molecule has 1 atom stereocenters. The molecular formula is C17H23NO4. The number of ether oxygens (including phenoxy) is 1. The lowest BCUT2D eigenvalue weighted by Crippen LogP contribution is -2.41. The predicted molar refractivity (Wildman–Crippen MR) is 82.8 cm³/mol. The fourth-order valence-electron chi connectivity index (χ4n) is 2.98. The zero-order chi connectivity index (χ0) is 16.3. The van der Waals surface area contributed by atoms with Gasteiger partial charge in [0, 0.05) is 18.5 Å². The number of rotatable bonds is 5. The van der Waals surface area contributed by atoms with Gasteiger partial charge in [-0.1, -0.05) is 32.0 Å². The van der Waals surface area contributed by atoms with Crippen molar-refractivity contribution in [1.82, 2.24) is 4.90 Å². The maximum atomic E-state index is 12.7. The molecule has 0 bridgehead atoms. The summed E-state index contributed by atoms with van der Waals surface area (Å²) in [6, 6.07) is 7.66. The maximum Gasteiger partial charge on any atom is 0.308 e. The number of aliphatic carboxylic acids is 1. The quantitative estimate of drug-likeness (QED) is 0.905. The Morgan fingerprint density at radius 2 is 2.05 bits per heavy atom. The lowest BCUT2D eigenvalue weighted by molar-refractivity contribution is -0.142. The smallest absolute Gasteiger partial charge is 0.308 e. The number of carboxylic acid groups (broad SMARTS) is 1. The molecule has 1 heterocycles. The second-order valence-electron chi connectivity index (χ2n) is 6.45. The van der Waals surface area contributed by atoms with E-state index in [9.17, 15) is 9.59 Å². The van der Waals surface area contributed by atoms with E-state index < -0.39 is 17.3 Å². The van der Waals surface area contributed by atoms with Crippen LogP contribution in [0.25, 0.3) is 0 Å². The van der Waals surface area contributed by atoms with Gasteiger partial charge in [0.2, 0.25) is 5.91 Å². The van der Waals surface area contributed by atoms with Crippen LogP contribution in [0.4, 0.5) is 0 Å². The first-order valence-electron chi connectivity index (χ1n) is 7.49. The minimum atomic E-state index is -0.821. The summed E-state index contributed by atoms with van der Waals surface area (Å²) in [7, 11) is 1.62. The van der Waals surface area contributed by atoms with Gasteiger partial charge in [-0.05, 0) is 24.5 Å². The van der Waals surface area contributed by atoms with Crippen molar-refractivity contribution in [3.05, 3.63) is 29.8 Å². The number of para-hydroxylation sites is 1. The summed E-state index contributed by atoms with van der Waals surface area (Å²) >= 11 is 0. The van der Waals surface area contributed by atoms with Crippen molar-refractivity contribution >= 4 is 11.9 Å². The Bertz CT molecular complexity index is 568. The molecule has 0 spiro atoms. The van der Waals surface area contributed by atoms with Crippen LogP contribution in [0.15, 0.2) is 24.3 Å². The highest BCUT2D eigenvalue weighted by Gasteiger charge is 2.38. The minimum Gasteiger partial charge on any atom is -0.496 e. The molecule has 1 aliphatic rings. The van der Waals surface area contributed by atoms with Crippen LogP contribution in [0.3, 0.4) is 0 Å². The Hall–Kier alpha value is -2.04. The highest BCUT2D eigenvalue weighted by molar-refractivity contribution is 5.83. The molecule has 0 radical (unpaired) electrons. The number of benzene rings is 1. The van der Waals surface area contributed by atoms with Crippen molar-refractivity contribution in [2.24, 2.45) is 11.3 Å². The number of carbonyl (C=O) groups is 2. The molecule has 5 heteroatoms. The second-order valence-corrected chi connectivity index (χ2v) is 6.45. The summed E-state index contributed by atoms with van der Waals surface area (Å²) < 4.78 is 5.34. The van der Waals surface area contributed by atoms with Crippen LogP contribution in [0.5, 0.6) is 5.75 Å². The van der Waals surface area contributed by atoms with E-state index in [1.165, 1.54) is 0 Å². The van der Waals surface area contributed by atoms with Crippen LogP contribution < -0.4 is 4.74 Å². The fourth-order valence-corrected chi connectivity index (χ4v) is 2.98. The van der Waals surface area contributed by atoms with Crippen LogP contribution in [0, 0.1) is 11.3 Å². The van der Waals surface area contributed by atoms with Gasteiger partial charge in [0.25, 0.3) is 0 Å². The summed E-state index contributed by atoms with van der Waals surface area (Å²) in [5.74, 6) is -0.487. The van der Waals surface area contributed by atoms with Gasteiger partial charge in [-0.2, -0.15) is 0 Å². The van der Waals surface area contributed by atoms with Crippen molar-refractivity contribution in [3.8, 4) is 5.75 Å². The molecule has 22 heavy (non-hydrogen) atoms. The van der Waals surface area contributed by atoms with Gasteiger partial charge in [0.05, 0.1) is 13.0 Å². The highest BCUT2D eigenvalue weighted by Crippen LogP contribution is 2.31. The van der Waals surface area contributed by atoms with E-state index >= 15 is 0 Å². The van der Waals surface area contributed by atoms with E-state index in [-0.39, 0.29) is 5.91 Å². The van der Waals surface area contributed by atoms with Crippen LogP contribution in [-0.2, 0) is 16.0 Å². The first kappa shape index (κ1) is 16.3. The van der Waals surface area contributed by atoms with E-state index in [0.717, 1.165) is 11.3 Å². The number of hydrogen-bond acceptors (Lipinski definition) is 3. The lowest BCUT2D eigenvalue weighted by Gasteiger charge is -2.29. The van der Waals surface area contributed by atoms with Crippen LogP contribution >= 0.6 is 0 Å². The fraction of sp³-hybridized carbons (Fsp3) is 0.529. The van der Waals surface area contributed by atoms with E-state index in [1.54, 1.807) is 12.0 Å². The molecule has 1 saturated heterocycles. The number of hydrogen-bond donors (Lipinski definition) is 1. The minimum absolute atomic E-state index is 0.00200. The molecule has 0 aromatic heterocycles. The molecule has 1 aromatic rings. The van der Waals surface area contributed by atoms with Gasteiger partial charge in [-0.15, -0.1) is 0 Å². The van der Waals surface area contributed by atoms with Crippen molar-refractivity contribution in [2.75, 3.05) is 20.2 Å². The molecule has 0 saturated carbocycles. The summed E-state index contributed by atoms with van der Waals surface area (Å²) in [6.45, 7) is 4.63. The number of carboxylic acids is 1. The van der Waals surface area contributed by atoms with Gasteiger partial charge in [-0.3, -0.25) is 9.59 Å². The number of nitrogens with zero attached hydrogens (tertiary/aromatic N) is 1. The van der Waals surface area contributed by atoms with Crippen LogP contribution in [0.1, 0.15) is 25.8 Å². The third kappa shape index (κ3) is 3.40. The average molecular weight is 305 g/mol. The average Bonchev–Trinajstić information content (AvgIpc) is 2.96. The van der Waals surface area contributed by atoms with Gasteiger partial charge in [-0.25, -0.2) is 0 Å². The van der Waals surface area contributed by atoms with E-state index in [4.69, 9.17) is 9.84 Å². The topological polar surface area (TPSA) is 66.8 Å². The molecule has 2 rings (SSSR count). The van der Waals surface area contributed by atoms with Gasteiger partial charge >= 0.3 is 5.97 Å². The molecule has 1 N–H and O–H groups in total. The summed E-state index contributed by atoms with van der Waals surface area (Å²) in [4.78, 5) is 25.4. The summed E-state index contributed by atoms with van der Waals surface area (Å²) in [6.07, 6.45) is 1.09. The third-order valence-electron chi connectivity index (χ3n) is 4.23. The predicted octanol–water partition coefficient (Wildman–Crippen LogP) is 2.20. The lowest BCUT2D eigenvalue weighted by atomic mass is 9.84. The van der Waals surface area contributed by atoms with E-state index in [2.05, 4.69) is 0 Å². The third-order valence-corrected chi connectivity index (χ3v) is 4.23. The number of likely N-dealkylation sites (tertiary alicyclic amines) is 1. The first-order chi connectivity index (χ1) is 10.3. The zero-order valence-electron chi connectivity index (χ0n) is 13.3. The van der Waals surface area contributed by atoms with Gasteiger partial charge in [0.15, 0.2) is 0 Å². The summed E-state index contributed by atoms with van der Waals surface area (Å²) in [5.41, 5.74) is 0.388. The number of amides is 1. The number of methoxy groups -OCH3 is 1. The molecule has 1 unspecified atom stereocenters. The van der Waals surface area contributed by atoms with Crippen LogP contribution in [-0.4, -0.2) is 42.1 Å². The standard InChI is InChI=1S/C17H23NO4/c1-17(2,10-12-6-4-5-7-14(12)22-3)16(21)18-9-8-13(11-18)15(19)20/h4-7,13H,8-11H2,1-3H3,(H,19,20). The molecular weight excluding hydrogens is 282 g/mol. The Morgan fingerprint density at radius 3 is 2.64 bits per heavy atom. The monoisotopic (exact) mass is 305 g/mol. The van der Waals surface area contributed by atoms with Crippen molar-refractivity contribution < 1.29 is 19.4 Å². The zero-order valence-corrected chi connectivity index (χ0v) is 13.3. The Kier molecular flexibility index (Phi) is 4.74. The normalized spacial score (nSPS) is 18.3. The largest absolute Gasteiger partial charge is 0.496 e. The van der Waals surface area contributed by atoms with Gasteiger partial charge in [0.1, 0.15) is 5.75 Å². The van der Waals surface area contributed by atoms with E-state index in [1.807, 2.05) is 38.1 Å². The Balaban J connectivity index is 2.09. The van der Waals surface area contributed by atoms with E-state index in [0.29, 0.717) is 25.9 Å². The molecule has 1 fully saturated rings. The van der Waals surface area contributed by atoms with Crippen molar-refractivity contribution in [2.45, 2.75) is 26.7 Å². The molecule has 5 nitrogen and oxygen atoms in total. The molecule has 120 valence electrons. The molecule has 1 aliphatic heterocycles. The maximum absolute atomic E-state index is 12.7.